The highest BCUT2D eigenvalue weighted by molar-refractivity contribution is 4.79. The molecule has 3 nitrogen and oxygen atoms in total. The molecule has 0 amide bonds. The summed E-state index contributed by atoms with van der Waals surface area (Å²) in [6.07, 6.45) is 4.15. The lowest BCUT2D eigenvalue weighted by molar-refractivity contribution is 0.112. The average Bonchev–Trinajstić information content (AvgIpc) is 2.61. The third-order valence-electron chi connectivity index (χ3n) is 3.17. The summed E-state index contributed by atoms with van der Waals surface area (Å²) in [5, 5.41) is 3.57. The molecule has 1 aliphatic heterocycles. The molecule has 1 rings (SSSR count). The van der Waals surface area contributed by atoms with Gasteiger partial charge in [0.25, 0.3) is 0 Å². The lowest BCUT2D eigenvalue weighted by atomic mass is 10.1. The summed E-state index contributed by atoms with van der Waals surface area (Å²) in [6.45, 7) is 8.76. The Labute approximate surface area is 94.2 Å². The highest BCUT2D eigenvalue weighted by atomic mass is 16.5. The Kier molecular flexibility index (Phi) is 6.22. The minimum absolute atomic E-state index is 0.394. The molecule has 2 atom stereocenters. The van der Waals surface area contributed by atoms with Gasteiger partial charge in [-0.2, -0.15) is 0 Å². The number of likely N-dealkylation sites (N-methyl/N-ethyl adjacent to an activating group) is 1. The van der Waals surface area contributed by atoms with Gasteiger partial charge in [0, 0.05) is 25.7 Å². The highest BCUT2D eigenvalue weighted by Crippen LogP contribution is 2.11. The Balaban J connectivity index is 2.00. The molecule has 90 valence electrons. The van der Waals surface area contributed by atoms with Crippen molar-refractivity contribution in [3.63, 3.8) is 0 Å². The Morgan fingerprint density at radius 3 is 2.80 bits per heavy atom. The van der Waals surface area contributed by atoms with Crippen molar-refractivity contribution in [3.05, 3.63) is 0 Å². The number of nitrogens with one attached hydrogen (secondary N) is 1. The molecule has 1 fully saturated rings. The molecule has 0 aromatic heterocycles. The van der Waals surface area contributed by atoms with E-state index in [1.165, 1.54) is 25.8 Å². The summed E-state index contributed by atoms with van der Waals surface area (Å²) >= 11 is 0. The van der Waals surface area contributed by atoms with E-state index in [0.717, 1.165) is 19.7 Å². The van der Waals surface area contributed by atoms with Crippen molar-refractivity contribution in [1.82, 2.24) is 10.2 Å². The second kappa shape index (κ2) is 7.20. The van der Waals surface area contributed by atoms with Crippen LogP contribution < -0.4 is 5.32 Å². The second-order valence-corrected chi connectivity index (χ2v) is 4.58. The summed E-state index contributed by atoms with van der Waals surface area (Å²) in [5.74, 6) is 0. The Morgan fingerprint density at radius 2 is 2.20 bits per heavy atom. The molecule has 3 heteroatoms. The summed E-state index contributed by atoms with van der Waals surface area (Å²) in [4.78, 5) is 2.40. The maximum Gasteiger partial charge on any atom is 0.0700 e. The van der Waals surface area contributed by atoms with Crippen LogP contribution in [0.15, 0.2) is 0 Å². The molecule has 2 unspecified atom stereocenters. The SMILES string of the molecule is CCCCN(C)CCNC1CCOC1C. The zero-order valence-corrected chi connectivity index (χ0v) is 10.5. The number of hydrogen-bond acceptors (Lipinski definition) is 3. The predicted molar refractivity (Wildman–Crippen MR) is 64.2 cm³/mol. The van der Waals surface area contributed by atoms with Crippen LogP contribution in [0.2, 0.25) is 0 Å². The molecule has 15 heavy (non-hydrogen) atoms. The van der Waals surface area contributed by atoms with Crippen LogP contribution in [0.1, 0.15) is 33.1 Å². The zero-order chi connectivity index (χ0) is 11.1. The summed E-state index contributed by atoms with van der Waals surface area (Å²) in [5.41, 5.74) is 0. The van der Waals surface area contributed by atoms with E-state index in [9.17, 15) is 0 Å². The molecule has 0 bridgehead atoms. The van der Waals surface area contributed by atoms with E-state index in [-0.39, 0.29) is 0 Å². The van der Waals surface area contributed by atoms with Gasteiger partial charge in [0.1, 0.15) is 0 Å². The molecule has 1 saturated heterocycles. The molecule has 1 aliphatic rings. The van der Waals surface area contributed by atoms with Crippen LogP contribution in [0, 0.1) is 0 Å². The Bertz CT molecular complexity index is 164. The van der Waals surface area contributed by atoms with Gasteiger partial charge in [-0.05, 0) is 33.4 Å². The molecular formula is C12H26N2O. The first kappa shape index (κ1) is 12.9. The van der Waals surface area contributed by atoms with E-state index in [1.807, 2.05) is 0 Å². The maximum absolute atomic E-state index is 5.51. The standard InChI is InChI=1S/C12H26N2O/c1-4-5-8-14(3)9-7-13-12-6-10-15-11(12)2/h11-13H,4-10H2,1-3H3. The van der Waals surface area contributed by atoms with Crippen molar-refractivity contribution in [2.45, 2.75) is 45.3 Å². The lowest BCUT2D eigenvalue weighted by Gasteiger charge is -2.20. The fourth-order valence-corrected chi connectivity index (χ4v) is 1.98. The smallest absolute Gasteiger partial charge is 0.0700 e. The van der Waals surface area contributed by atoms with Crippen molar-refractivity contribution < 1.29 is 4.74 Å². The Hall–Kier alpha value is -0.120. The largest absolute Gasteiger partial charge is 0.377 e. The normalized spacial score (nSPS) is 26.4. The van der Waals surface area contributed by atoms with Gasteiger partial charge in [0.05, 0.1) is 6.10 Å². The molecule has 0 spiro atoms. The molecule has 0 aliphatic carbocycles. The molecule has 0 radical (unpaired) electrons. The van der Waals surface area contributed by atoms with E-state index in [2.05, 4.69) is 31.1 Å². The molecule has 1 heterocycles. The van der Waals surface area contributed by atoms with Crippen molar-refractivity contribution in [2.24, 2.45) is 0 Å². The van der Waals surface area contributed by atoms with Crippen molar-refractivity contribution in [2.75, 3.05) is 33.3 Å². The molecular weight excluding hydrogens is 188 g/mol. The molecule has 0 aromatic rings. The van der Waals surface area contributed by atoms with Gasteiger partial charge >= 0.3 is 0 Å². The van der Waals surface area contributed by atoms with Crippen molar-refractivity contribution in [3.8, 4) is 0 Å². The van der Waals surface area contributed by atoms with Gasteiger partial charge < -0.3 is 15.0 Å². The average molecular weight is 214 g/mol. The van der Waals surface area contributed by atoms with Crippen LogP contribution in [-0.2, 0) is 4.74 Å². The van der Waals surface area contributed by atoms with E-state index in [4.69, 9.17) is 4.74 Å². The van der Waals surface area contributed by atoms with Crippen LogP contribution in [0.25, 0.3) is 0 Å². The van der Waals surface area contributed by atoms with E-state index in [1.54, 1.807) is 0 Å². The zero-order valence-electron chi connectivity index (χ0n) is 10.5. The van der Waals surface area contributed by atoms with Crippen LogP contribution in [-0.4, -0.2) is 50.3 Å². The second-order valence-electron chi connectivity index (χ2n) is 4.58. The highest BCUT2D eigenvalue weighted by Gasteiger charge is 2.22. The molecule has 0 aromatic carbocycles. The summed E-state index contributed by atoms with van der Waals surface area (Å²) < 4.78 is 5.51. The number of nitrogens with zero attached hydrogens (tertiary/aromatic N) is 1. The van der Waals surface area contributed by atoms with Gasteiger partial charge in [-0.1, -0.05) is 13.3 Å². The van der Waals surface area contributed by atoms with Crippen LogP contribution in [0.4, 0.5) is 0 Å². The maximum atomic E-state index is 5.51. The van der Waals surface area contributed by atoms with Crippen LogP contribution >= 0.6 is 0 Å². The summed E-state index contributed by atoms with van der Waals surface area (Å²) in [7, 11) is 2.20. The van der Waals surface area contributed by atoms with E-state index in [0.29, 0.717) is 12.1 Å². The van der Waals surface area contributed by atoms with Crippen LogP contribution in [0.3, 0.4) is 0 Å². The van der Waals surface area contributed by atoms with Gasteiger partial charge in [-0.3, -0.25) is 0 Å². The van der Waals surface area contributed by atoms with Gasteiger partial charge in [0.15, 0.2) is 0 Å². The quantitative estimate of drug-likeness (QED) is 0.695. The summed E-state index contributed by atoms with van der Waals surface area (Å²) in [6, 6.07) is 0.574. The number of unbranched alkanes of at least 4 members (excludes halogenated alkanes) is 1. The van der Waals surface area contributed by atoms with E-state index >= 15 is 0 Å². The minimum atomic E-state index is 0.394. The fraction of sp³-hybridized carbons (Fsp3) is 1.00. The van der Waals surface area contributed by atoms with Gasteiger partial charge in [-0.25, -0.2) is 0 Å². The number of rotatable bonds is 7. The van der Waals surface area contributed by atoms with Gasteiger partial charge in [0.2, 0.25) is 0 Å². The van der Waals surface area contributed by atoms with Crippen molar-refractivity contribution >= 4 is 0 Å². The van der Waals surface area contributed by atoms with Crippen molar-refractivity contribution in [1.29, 1.82) is 0 Å². The molecule has 1 N–H and O–H groups in total. The monoisotopic (exact) mass is 214 g/mol. The topological polar surface area (TPSA) is 24.5 Å². The first-order valence-corrected chi connectivity index (χ1v) is 6.27. The fourth-order valence-electron chi connectivity index (χ4n) is 1.98. The van der Waals surface area contributed by atoms with E-state index < -0.39 is 0 Å². The number of ether oxygens (including phenoxy) is 1. The minimum Gasteiger partial charge on any atom is -0.377 e. The third-order valence-corrected chi connectivity index (χ3v) is 3.17. The number of hydrogen-bond donors (Lipinski definition) is 1. The first-order chi connectivity index (χ1) is 7.24. The Morgan fingerprint density at radius 1 is 1.40 bits per heavy atom. The first-order valence-electron chi connectivity index (χ1n) is 6.27. The predicted octanol–water partition coefficient (Wildman–Crippen LogP) is 1.49. The van der Waals surface area contributed by atoms with Gasteiger partial charge in [-0.15, -0.1) is 0 Å². The van der Waals surface area contributed by atoms with Crippen LogP contribution in [0.5, 0.6) is 0 Å². The molecule has 0 saturated carbocycles. The lowest BCUT2D eigenvalue weighted by Crippen LogP contribution is -2.39. The third kappa shape index (κ3) is 4.96.